The van der Waals surface area contributed by atoms with Crippen LogP contribution in [0.25, 0.3) is 0 Å². The number of aromatic nitrogens is 1. The number of rotatable bonds is 10. The van der Waals surface area contributed by atoms with Crippen molar-refractivity contribution < 1.29 is 9.47 Å². The third-order valence-corrected chi connectivity index (χ3v) is 3.53. The molecule has 0 fully saturated rings. The van der Waals surface area contributed by atoms with E-state index in [0.717, 1.165) is 24.5 Å². The Labute approximate surface area is 161 Å². The van der Waals surface area contributed by atoms with Crippen LogP contribution < -0.4 is 20.1 Å². The van der Waals surface area contributed by atoms with E-state index in [1.54, 1.807) is 12.3 Å². The lowest BCUT2D eigenvalue weighted by atomic mass is 10.2. The van der Waals surface area contributed by atoms with Crippen LogP contribution in [0.5, 0.6) is 17.4 Å². The predicted octanol–water partition coefficient (Wildman–Crippen LogP) is 3.90. The molecule has 2 rings (SSSR count). The van der Waals surface area contributed by atoms with E-state index in [0.29, 0.717) is 37.1 Å². The molecule has 0 aliphatic carbocycles. The van der Waals surface area contributed by atoms with Gasteiger partial charge in [-0.3, -0.25) is 0 Å². The van der Waals surface area contributed by atoms with Crippen molar-refractivity contribution in [2.45, 2.75) is 26.8 Å². The van der Waals surface area contributed by atoms with Crippen LogP contribution in [-0.4, -0.2) is 30.6 Å². The van der Waals surface area contributed by atoms with Crippen LogP contribution in [-0.2, 0) is 6.54 Å². The third kappa shape index (κ3) is 6.66. The zero-order valence-corrected chi connectivity index (χ0v) is 16.1. The molecule has 144 valence electrons. The van der Waals surface area contributed by atoms with Gasteiger partial charge in [0.15, 0.2) is 17.5 Å². The van der Waals surface area contributed by atoms with Crippen molar-refractivity contribution in [1.82, 2.24) is 15.6 Å². The van der Waals surface area contributed by atoms with E-state index in [4.69, 9.17) is 9.47 Å². The molecule has 6 heteroatoms. The number of nitrogens with one attached hydrogen (secondary N) is 2. The molecule has 1 aromatic carbocycles. The molecule has 1 heterocycles. The molecule has 0 unspecified atom stereocenters. The summed E-state index contributed by atoms with van der Waals surface area (Å²) in [6.45, 7) is 10.3. The number of hydrogen-bond acceptors (Lipinski definition) is 4. The molecule has 1 aromatic heterocycles. The molecule has 2 aromatic rings. The highest BCUT2D eigenvalue weighted by Gasteiger charge is 2.10. The topological polar surface area (TPSA) is 67.8 Å². The molecule has 0 aliphatic heterocycles. The molecule has 0 radical (unpaired) electrons. The third-order valence-electron chi connectivity index (χ3n) is 3.53. The Hall–Kier alpha value is -3.02. The second-order valence-electron chi connectivity index (χ2n) is 5.73. The number of pyridine rings is 1. The molecule has 0 saturated heterocycles. The Morgan fingerprint density at radius 2 is 1.96 bits per heavy atom. The SMILES string of the molecule is C=CCNC(=NCc1cccnc1Oc1ccccc1OCCC)NCC. The Bertz CT molecular complexity index is 746. The highest BCUT2D eigenvalue weighted by molar-refractivity contribution is 5.79. The summed E-state index contributed by atoms with van der Waals surface area (Å²) < 4.78 is 11.8. The van der Waals surface area contributed by atoms with Gasteiger partial charge >= 0.3 is 0 Å². The second kappa shape index (κ2) is 11.6. The molecule has 0 spiro atoms. The van der Waals surface area contributed by atoms with Crippen LogP contribution in [0.2, 0.25) is 0 Å². The van der Waals surface area contributed by atoms with Gasteiger partial charge in [-0.05, 0) is 31.5 Å². The highest BCUT2D eigenvalue weighted by atomic mass is 16.5. The first-order valence-electron chi connectivity index (χ1n) is 9.25. The number of nitrogens with zero attached hydrogens (tertiary/aromatic N) is 2. The van der Waals surface area contributed by atoms with Gasteiger partial charge in [-0.1, -0.05) is 31.2 Å². The average molecular weight is 368 g/mol. The van der Waals surface area contributed by atoms with Gasteiger partial charge in [-0.15, -0.1) is 6.58 Å². The van der Waals surface area contributed by atoms with Crippen molar-refractivity contribution in [1.29, 1.82) is 0 Å². The van der Waals surface area contributed by atoms with E-state index in [9.17, 15) is 0 Å². The summed E-state index contributed by atoms with van der Waals surface area (Å²) in [5.74, 6) is 2.60. The standard InChI is InChI=1S/C21H28N4O2/c1-4-13-24-21(22-6-3)25-16-17-10-9-14-23-20(17)27-19-12-8-7-11-18(19)26-15-5-2/h4,7-12,14H,1,5-6,13,15-16H2,2-3H3,(H2,22,24,25). The molecule has 27 heavy (non-hydrogen) atoms. The van der Waals surface area contributed by atoms with Crippen LogP contribution in [0.15, 0.2) is 60.2 Å². The normalized spacial score (nSPS) is 11.0. The molecule has 0 atom stereocenters. The molecule has 2 N–H and O–H groups in total. The lowest BCUT2D eigenvalue weighted by molar-refractivity contribution is 0.300. The van der Waals surface area contributed by atoms with E-state index in [1.165, 1.54) is 0 Å². The highest BCUT2D eigenvalue weighted by Crippen LogP contribution is 2.32. The Balaban J connectivity index is 2.17. The lowest BCUT2D eigenvalue weighted by Crippen LogP contribution is -2.37. The van der Waals surface area contributed by atoms with Crippen molar-refractivity contribution in [3.63, 3.8) is 0 Å². The summed E-state index contributed by atoms with van der Waals surface area (Å²) in [6.07, 6.45) is 4.43. The van der Waals surface area contributed by atoms with Gasteiger partial charge in [0.2, 0.25) is 5.88 Å². The fourth-order valence-corrected chi connectivity index (χ4v) is 2.28. The van der Waals surface area contributed by atoms with Crippen LogP contribution in [0.4, 0.5) is 0 Å². The minimum atomic E-state index is 0.438. The zero-order chi connectivity index (χ0) is 19.3. The van der Waals surface area contributed by atoms with Crippen molar-refractivity contribution in [3.05, 3.63) is 60.8 Å². The largest absolute Gasteiger partial charge is 0.490 e. The second-order valence-corrected chi connectivity index (χ2v) is 5.73. The maximum absolute atomic E-state index is 6.05. The van der Waals surface area contributed by atoms with E-state index < -0.39 is 0 Å². The number of guanidine groups is 1. The Morgan fingerprint density at radius 3 is 2.70 bits per heavy atom. The Morgan fingerprint density at radius 1 is 1.15 bits per heavy atom. The molecule has 0 saturated carbocycles. The van der Waals surface area contributed by atoms with E-state index in [2.05, 4.69) is 34.1 Å². The van der Waals surface area contributed by atoms with Gasteiger partial charge in [-0.2, -0.15) is 0 Å². The number of hydrogen-bond donors (Lipinski definition) is 2. The quantitative estimate of drug-likeness (QED) is 0.378. The smallest absolute Gasteiger partial charge is 0.224 e. The van der Waals surface area contributed by atoms with Crippen LogP contribution in [0.3, 0.4) is 0 Å². The number of para-hydroxylation sites is 2. The maximum Gasteiger partial charge on any atom is 0.224 e. The first-order chi connectivity index (χ1) is 13.3. The van der Waals surface area contributed by atoms with Gasteiger partial charge in [-0.25, -0.2) is 9.98 Å². The first kappa shape index (κ1) is 20.3. The summed E-state index contributed by atoms with van der Waals surface area (Å²) >= 11 is 0. The van der Waals surface area contributed by atoms with Crippen LogP contribution in [0, 0.1) is 0 Å². The Kier molecular flexibility index (Phi) is 8.69. The van der Waals surface area contributed by atoms with Gasteiger partial charge in [0, 0.05) is 24.8 Å². The average Bonchev–Trinajstić information content (AvgIpc) is 2.70. The minimum absolute atomic E-state index is 0.438. The van der Waals surface area contributed by atoms with Crippen LogP contribution in [0.1, 0.15) is 25.8 Å². The predicted molar refractivity (Wildman–Crippen MR) is 110 cm³/mol. The molecule has 6 nitrogen and oxygen atoms in total. The number of benzene rings is 1. The molecular formula is C21H28N4O2. The van der Waals surface area contributed by atoms with Gasteiger partial charge in [0.1, 0.15) is 0 Å². The van der Waals surface area contributed by atoms with Gasteiger partial charge in [0.25, 0.3) is 0 Å². The molecule has 0 aliphatic rings. The molecular weight excluding hydrogens is 340 g/mol. The minimum Gasteiger partial charge on any atom is -0.490 e. The van der Waals surface area contributed by atoms with E-state index in [-0.39, 0.29) is 0 Å². The summed E-state index contributed by atoms with van der Waals surface area (Å²) in [4.78, 5) is 8.97. The summed E-state index contributed by atoms with van der Waals surface area (Å²) in [7, 11) is 0. The van der Waals surface area contributed by atoms with Crippen molar-refractivity contribution in [2.75, 3.05) is 19.7 Å². The maximum atomic E-state index is 6.05. The van der Waals surface area contributed by atoms with Gasteiger partial charge < -0.3 is 20.1 Å². The van der Waals surface area contributed by atoms with Crippen molar-refractivity contribution in [3.8, 4) is 17.4 Å². The monoisotopic (exact) mass is 368 g/mol. The number of ether oxygens (including phenoxy) is 2. The summed E-state index contributed by atoms with van der Waals surface area (Å²) in [5, 5.41) is 6.38. The zero-order valence-electron chi connectivity index (χ0n) is 16.1. The summed E-state index contributed by atoms with van der Waals surface area (Å²) in [6, 6.07) is 11.4. The van der Waals surface area contributed by atoms with Gasteiger partial charge in [0.05, 0.1) is 13.2 Å². The number of aliphatic imine (C=N–C) groups is 1. The molecule has 0 amide bonds. The summed E-state index contributed by atoms with van der Waals surface area (Å²) in [5.41, 5.74) is 0.888. The fourth-order valence-electron chi connectivity index (χ4n) is 2.28. The molecule has 0 bridgehead atoms. The van der Waals surface area contributed by atoms with Crippen molar-refractivity contribution >= 4 is 5.96 Å². The van der Waals surface area contributed by atoms with Crippen LogP contribution >= 0.6 is 0 Å². The van der Waals surface area contributed by atoms with Crippen molar-refractivity contribution in [2.24, 2.45) is 4.99 Å². The van der Waals surface area contributed by atoms with E-state index >= 15 is 0 Å². The first-order valence-corrected chi connectivity index (χ1v) is 9.25. The van der Waals surface area contributed by atoms with E-state index in [1.807, 2.05) is 43.3 Å². The lowest BCUT2D eigenvalue weighted by Gasteiger charge is -2.13. The fraction of sp³-hybridized carbons (Fsp3) is 0.333.